The van der Waals surface area contributed by atoms with Gasteiger partial charge in [0, 0.05) is 22.3 Å². The number of hydrogen-bond donors (Lipinski definition) is 2. The number of benzene rings is 3. The Labute approximate surface area is 181 Å². The van der Waals surface area contributed by atoms with E-state index in [4.69, 9.17) is 11.6 Å². The SMILES string of the molecule is O=S(=O)(Nc1ccccc1)c1ccc2c(c1)C1C=CCC1C(c1ccccc1Cl)N2. The fraction of sp³-hybridized carbons (Fsp3) is 0.167. The molecule has 6 heteroatoms. The van der Waals surface area contributed by atoms with Crippen molar-refractivity contribution in [2.45, 2.75) is 23.3 Å². The van der Waals surface area contributed by atoms with Gasteiger partial charge in [-0.1, -0.05) is 60.2 Å². The van der Waals surface area contributed by atoms with E-state index in [1.54, 1.807) is 36.4 Å². The summed E-state index contributed by atoms with van der Waals surface area (Å²) in [6, 6.07) is 22.2. The van der Waals surface area contributed by atoms with Crippen molar-refractivity contribution in [1.82, 2.24) is 0 Å². The number of nitrogens with one attached hydrogen (secondary N) is 2. The Balaban J connectivity index is 1.52. The van der Waals surface area contributed by atoms with Crippen LogP contribution in [0.25, 0.3) is 0 Å². The lowest BCUT2D eigenvalue weighted by molar-refractivity contribution is 0.425. The van der Waals surface area contributed by atoms with E-state index in [0.29, 0.717) is 5.69 Å². The molecule has 0 saturated heterocycles. The molecular formula is C24H21ClN2O2S. The van der Waals surface area contributed by atoms with Crippen LogP contribution in [0.2, 0.25) is 5.02 Å². The summed E-state index contributed by atoms with van der Waals surface area (Å²) < 4.78 is 28.5. The average molecular weight is 437 g/mol. The standard InChI is InChI=1S/C24H21ClN2O2S/c25-22-12-5-4-9-20(22)24-19-11-6-10-18(19)21-15-17(13-14-23(21)26-24)30(28,29)27-16-7-2-1-3-8-16/h1-10,12-15,18-19,24,26-27H,11H2. The van der Waals surface area contributed by atoms with Crippen LogP contribution in [0.1, 0.15) is 29.5 Å². The second-order valence-electron chi connectivity index (χ2n) is 7.72. The predicted octanol–water partition coefficient (Wildman–Crippen LogP) is 5.97. The number of anilines is 2. The van der Waals surface area contributed by atoms with Crippen LogP contribution < -0.4 is 10.0 Å². The summed E-state index contributed by atoms with van der Waals surface area (Å²) in [7, 11) is -3.67. The van der Waals surface area contributed by atoms with E-state index >= 15 is 0 Å². The monoisotopic (exact) mass is 436 g/mol. The molecule has 3 aromatic carbocycles. The first-order chi connectivity index (χ1) is 14.5. The fourth-order valence-corrected chi connectivity index (χ4v) is 5.84. The summed E-state index contributed by atoms with van der Waals surface area (Å²) in [5.41, 5.74) is 3.58. The molecule has 0 radical (unpaired) electrons. The Morgan fingerprint density at radius 1 is 0.933 bits per heavy atom. The lowest BCUT2D eigenvalue weighted by Gasteiger charge is -2.38. The number of hydrogen-bond acceptors (Lipinski definition) is 3. The highest BCUT2D eigenvalue weighted by Crippen LogP contribution is 2.51. The Hall–Kier alpha value is -2.76. The van der Waals surface area contributed by atoms with Crippen molar-refractivity contribution in [3.63, 3.8) is 0 Å². The second kappa shape index (κ2) is 7.49. The van der Waals surface area contributed by atoms with E-state index in [9.17, 15) is 8.42 Å². The number of para-hydroxylation sites is 1. The van der Waals surface area contributed by atoms with E-state index in [0.717, 1.165) is 28.3 Å². The highest BCUT2D eigenvalue weighted by Gasteiger charge is 2.39. The lowest BCUT2D eigenvalue weighted by Crippen LogP contribution is -2.29. The summed E-state index contributed by atoms with van der Waals surface area (Å²) in [5, 5.41) is 4.36. The van der Waals surface area contributed by atoms with Gasteiger partial charge in [-0.3, -0.25) is 4.72 Å². The van der Waals surface area contributed by atoms with E-state index < -0.39 is 10.0 Å². The van der Waals surface area contributed by atoms with Gasteiger partial charge in [0.05, 0.1) is 10.9 Å². The summed E-state index contributed by atoms with van der Waals surface area (Å²) in [4.78, 5) is 0.266. The molecule has 152 valence electrons. The van der Waals surface area contributed by atoms with Gasteiger partial charge in [-0.05, 0) is 59.9 Å². The first-order valence-electron chi connectivity index (χ1n) is 9.92. The molecule has 0 saturated carbocycles. The molecule has 5 rings (SSSR count). The number of halogens is 1. The van der Waals surface area contributed by atoms with Crippen LogP contribution in [0.3, 0.4) is 0 Å². The van der Waals surface area contributed by atoms with E-state index in [1.807, 2.05) is 30.3 Å². The van der Waals surface area contributed by atoms with E-state index in [2.05, 4.69) is 28.3 Å². The topological polar surface area (TPSA) is 58.2 Å². The van der Waals surface area contributed by atoms with Gasteiger partial charge >= 0.3 is 0 Å². The van der Waals surface area contributed by atoms with E-state index in [-0.39, 0.29) is 22.8 Å². The zero-order valence-electron chi connectivity index (χ0n) is 16.1. The summed E-state index contributed by atoms with van der Waals surface area (Å²) in [6.45, 7) is 0. The molecule has 2 N–H and O–H groups in total. The molecule has 30 heavy (non-hydrogen) atoms. The summed E-state index contributed by atoms with van der Waals surface area (Å²) >= 11 is 6.49. The molecule has 3 aromatic rings. The number of rotatable bonds is 4. The van der Waals surface area contributed by atoms with Crippen molar-refractivity contribution in [3.05, 3.63) is 101 Å². The molecule has 1 aliphatic carbocycles. The maximum absolute atomic E-state index is 12.9. The summed E-state index contributed by atoms with van der Waals surface area (Å²) in [6.07, 6.45) is 5.29. The van der Waals surface area contributed by atoms with Crippen LogP contribution in [-0.4, -0.2) is 8.42 Å². The minimum absolute atomic E-state index is 0.0797. The number of fused-ring (bicyclic) bond motifs is 3. The molecule has 2 aliphatic rings. The zero-order valence-corrected chi connectivity index (χ0v) is 17.7. The van der Waals surface area contributed by atoms with Crippen LogP contribution in [-0.2, 0) is 10.0 Å². The van der Waals surface area contributed by atoms with Crippen molar-refractivity contribution in [3.8, 4) is 0 Å². The van der Waals surface area contributed by atoms with Crippen LogP contribution in [0.5, 0.6) is 0 Å². The van der Waals surface area contributed by atoms with Crippen LogP contribution in [0.4, 0.5) is 11.4 Å². The third kappa shape index (κ3) is 3.38. The predicted molar refractivity (Wildman–Crippen MR) is 121 cm³/mol. The minimum Gasteiger partial charge on any atom is -0.378 e. The van der Waals surface area contributed by atoms with Crippen LogP contribution in [0.15, 0.2) is 89.8 Å². The smallest absolute Gasteiger partial charge is 0.261 e. The van der Waals surface area contributed by atoms with Crippen molar-refractivity contribution < 1.29 is 8.42 Å². The van der Waals surface area contributed by atoms with Gasteiger partial charge in [-0.15, -0.1) is 0 Å². The highest BCUT2D eigenvalue weighted by atomic mass is 35.5. The van der Waals surface area contributed by atoms with Crippen LogP contribution in [0, 0.1) is 5.92 Å². The van der Waals surface area contributed by atoms with Gasteiger partial charge in [0.15, 0.2) is 0 Å². The van der Waals surface area contributed by atoms with Gasteiger partial charge < -0.3 is 5.32 Å². The van der Waals surface area contributed by atoms with Crippen molar-refractivity contribution in [2.24, 2.45) is 5.92 Å². The molecule has 0 fully saturated rings. The molecule has 0 amide bonds. The largest absolute Gasteiger partial charge is 0.378 e. The molecule has 3 unspecified atom stereocenters. The van der Waals surface area contributed by atoms with Crippen molar-refractivity contribution in [1.29, 1.82) is 0 Å². The molecule has 4 nitrogen and oxygen atoms in total. The average Bonchev–Trinajstić information content (AvgIpc) is 3.24. The fourth-order valence-electron chi connectivity index (χ4n) is 4.50. The molecule has 0 spiro atoms. The minimum atomic E-state index is -3.67. The van der Waals surface area contributed by atoms with Gasteiger partial charge in [-0.25, -0.2) is 8.42 Å². The number of allylic oxidation sites excluding steroid dienone is 2. The summed E-state index contributed by atoms with van der Waals surface area (Å²) in [5.74, 6) is 0.437. The Bertz CT molecular complexity index is 1220. The van der Waals surface area contributed by atoms with Gasteiger partial charge in [-0.2, -0.15) is 0 Å². The third-order valence-electron chi connectivity index (χ3n) is 5.91. The third-order valence-corrected chi connectivity index (χ3v) is 7.63. The second-order valence-corrected chi connectivity index (χ2v) is 9.81. The first kappa shape index (κ1) is 19.2. The molecule has 0 aromatic heterocycles. The molecule has 1 aliphatic heterocycles. The molecule has 0 bridgehead atoms. The zero-order chi connectivity index (χ0) is 20.7. The van der Waals surface area contributed by atoms with Gasteiger partial charge in [0.25, 0.3) is 10.0 Å². The molecule has 3 atom stereocenters. The Morgan fingerprint density at radius 3 is 2.50 bits per heavy atom. The Kier molecular flexibility index (Phi) is 4.80. The quantitative estimate of drug-likeness (QED) is 0.495. The normalized spacial score (nSPS) is 22.1. The maximum Gasteiger partial charge on any atom is 0.261 e. The van der Waals surface area contributed by atoms with Gasteiger partial charge in [0.1, 0.15) is 0 Å². The number of sulfonamides is 1. The van der Waals surface area contributed by atoms with E-state index in [1.165, 1.54) is 0 Å². The maximum atomic E-state index is 12.9. The first-order valence-corrected chi connectivity index (χ1v) is 11.8. The molecule has 1 heterocycles. The highest BCUT2D eigenvalue weighted by molar-refractivity contribution is 7.92. The Morgan fingerprint density at radius 2 is 1.70 bits per heavy atom. The van der Waals surface area contributed by atoms with Gasteiger partial charge in [0.2, 0.25) is 0 Å². The van der Waals surface area contributed by atoms with Crippen LogP contribution >= 0.6 is 11.6 Å². The van der Waals surface area contributed by atoms with Crippen molar-refractivity contribution >= 4 is 33.0 Å². The van der Waals surface area contributed by atoms with Crippen molar-refractivity contribution in [2.75, 3.05) is 10.0 Å². The lowest BCUT2D eigenvalue weighted by atomic mass is 9.77. The molecular weight excluding hydrogens is 416 g/mol.